The third-order valence-electron chi connectivity index (χ3n) is 8.89. The highest BCUT2D eigenvalue weighted by molar-refractivity contribution is 6.74. The predicted molar refractivity (Wildman–Crippen MR) is 175 cm³/mol. The summed E-state index contributed by atoms with van der Waals surface area (Å²) in [5.74, 6) is 1.03. The Morgan fingerprint density at radius 3 is 2.10 bits per heavy atom. The maximum absolute atomic E-state index is 13.0. The van der Waals surface area contributed by atoms with E-state index in [-0.39, 0.29) is 10.9 Å². The van der Waals surface area contributed by atoms with Gasteiger partial charge in [0.1, 0.15) is 5.75 Å². The number of hydrogen-bond donors (Lipinski definition) is 0. The number of benzene rings is 3. The Labute approximate surface area is 249 Å². The van der Waals surface area contributed by atoms with Crippen molar-refractivity contribution in [3.8, 4) is 5.75 Å². The minimum absolute atomic E-state index is 0.0899. The largest absolute Gasteiger partial charge is 0.543 e. The molecule has 0 atom stereocenters. The second-order valence-corrected chi connectivity index (χ2v) is 17.5. The number of piperidine rings is 1. The number of carbonyl (C=O) groups is 1. The van der Waals surface area contributed by atoms with Crippen LogP contribution in [0.5, 0.6) is 5.75 Å². The van der Waals surface area contributed by atoms with Gasteiger partial charge in [-0.2, -0.15) is 0 Å². The fraction of sp³-hybridized carbons (Fsp3) is 0.457. The van der Waals surface area contributed by atoms with Crippen molar-refractivity contribution < 1.29 is 9.22 Å². The molecule has 0 saturated carbocycles. The quantitative estimate of drug-likeness (QED) is 0.229. The topological polar surface area (TPSA) is 36.0 Å². The van der Waals surface area contributed by atoms with Crippen LogP contribution in [0.3, 0.4) is 0 Å². The highest BCUT2D eigenvalue weighted by atomic mass is 28.4. The van der Waals surface area contributed by atoms with E-state index in [2.05, 4.69) is 110 Å². The Hall–Kier alpha value is -3.09. The van der Waals surface area contributed by atoms with Crippen molar-refractivity contribution in [1.29, 1.82) is 0 Å². The monoisotopic (exact) mass is 571 g/mol. The van der Waals surface area contributed by atoms with Crippen LogP contribution in [0.4, 0.5) is 11.4 Å². The third kappa shape index (κ3) is 7.60. The zero-order valence-corrected chi connectivity index (χ0v) is 27.2. The molecule has 6 heteroatoms. The van der Waals surface area contributed by atoms with Crippen LogP contribution in [-0.4, -0.2) is 56.2 Å². The van der Waals surface area contributed by atoms with Crippen molar-refractivity contribution in [3.63, 3.8) is 0 Å². The van der Waals surface area contributed by atoms with Gasteiger partial charge in [-0.1, -0.05) is 57.2 Å². The summed E-state index contributed by atoms with van der Waals surface area (Å²) in [5, 5.41) is 0.126. The van der Waals surface area contributed by atoms with Crippen molar-refractivity contribution in [3.05, 3.63) is 90.0 Å². The molecule has 0 N–H and O–H groups in total. The van der Waals surface area contributed by atoms with Crippen LogP contribution < -0.4 is 9.33 Å². The number of anilines is 2. The number of nitrogens with zero attached hydrogens (tertiary/aromatic N) is 3. The molecule has 0 bridgehead atoms. The van der Waals surface area contributed by atoms with E-state index in [9.17, 15) is 4.79 Å². The molecule has 1 heterocycles. The van der Waals surface area contributed by atoms with Crippen molar-refractivity contribution in [1.82, 2.24) is 9.80 Å². The molecule has 0 spiro atoms. The predicted octanol–water partition coefficient (Wildman–Crippen LogP) is 8.36. The summed E-state index contributed by atoms with van der Waals surface area (Å²) >= 11 is 0. The van der Waals surface area contributed by atoms with Gasteiger partial charge in [-0.15, -0.1) is 0 Å². The van der Waals surface area contributed by atoms with Gasteiger partial charge in [-0.05, 0) is 86.8 Å². The molecular weight excluding hydrogens is 522 g/mol. The fourth-order valence-electron chi connectivity index (χ4n) is 5.35. The molecule has 1 saturated heterocycles. The van der Waals surface area contributed by atoms with Crippen LogP contribution in [0.2, 0.25) is 18.1 Å². The molecule has 41 heavy (non-hydrogen) atoms. The van der Waals surface area contributed by atoms with Crippen molar-refractivity contribution in [2.45, 2.75) is 78.2 Å². The summed E-state index contributed by atoms with van der Waals surface area (Å²) in [6, 6.07) is 28.0. The summed E-state index contributed by atoms with van der Waals surface area (Å²) in [4.78, 5) is 19.9. The van der Waals surface area contributed by atoms with E-state index < -0.39 is 8.32 Å². The normalized spacial score (nSPS) is 15.0. The number of amides is 1. The highest BCUT2D eigenvalue weighted by Gasteiger charge is 2.39. The Morgan fingerprint density at radius 2 is 1.51 bits per heavy atom. The maximum atomic E-state index is 13.0. The van der Waals surface area contributed by atoms with E-state index in [1.54, 1.807) is 0 Å². The van der Waals surface area contributed by atoms with Gasteiger partial charge in [0.2, 0.25) is 8.32 Å². The zero-order chi connectivity index (χ0) is 29.6. The lowest BCUT2D eigenvalue weighted by atomic mass is 10.00. The van der Waals surface area contributed by atoms with Crippen LogP contribution in [0.25, 0.3) is 0 Å². The van der Waals surface area contributed by atoms with E-state index in [4.69, 9.17) is 4.43 Å². The van der Waals surface area contributed by atoms with Crippen molar-refractivity contribution in [2.24, 2.45) is 0 Å². The Bertz CT molecular complexity index is 1260. The Morgan fingerprint density at radius 1 is 0.878 bits per heavy atom. The van der Waals surface area contributed by atoms with Crippen molar-refractivity contribution >= 4 is 25.6 Å². The second-order valence-electron chi connectivity index (χ2n) is 12.7. The van der Waals surface area contributed by atoms with E-state index in [1.165, 1.54) is 5.56 Å². The summed E-state index contributed by atoms with van der Waals surface area (Å²) in [6.07, 6.45) is 2.14. The zero-order valence-electron chi connectivity index (χ0n) is 26.2. The maximum Gasteiger partial charge on any atom is 0.253 e. The Balaban J connectivity index is 1.61. The number of hydrogen-bond acceptors (Lipinski definition) is 4. The highest BCUT2D eigenvalue weighted by Crippen LogP contribution is 2.39. The van der Waals surface area contributed by atoms with E-state index in [0.717, 1.165) is 55.2 Å². The molecular formula is C35H49N3O2Si. The first-order chi connectivity index (χ1) is 19.5. The molecule has 1 aliphatic rings. The molecule has 3 aromatic carbocycles. The van der Waals surface area contributed by atoms with Crippen LogP contribution in [-0.2, 0) is 6.54 Å². The van der Waals surface area contributed by atoms with Crippen LogP contribution in [0.15, 0.2) is 78.9 Å². The number of carbonyl (C=O) groups excluding carboxylic acids is 1. The molecule has 0 aliphatic carbocycles. The van der Waals surface area contributed by atoms with E-state index in [1.807, 2.05) is 30.9 Å². The molecule has 1 aliphatic heterocycles. The van der Waals surface area contributed by atoms with Gasteiger partial charge in [0.15, 0.2) is 0 Å². The summed E-state index contributed by atoms with van der Waals surface area (Å²) in [6.45, 7) is 20.0. The molecule has 4 rings (SSSR count). The van der Waals surface area contributed by atoms with Gasteiger partial charge in [0.25, 0.3) is 5.91 Å². The Kier molecular flexibility index (Phi) is 9.98. The van der Waals surface area contributed by atoms with Gasteiger partial charge in [0, 0.05) is 61.8 Å². The third-order valence-corrected chi connectivity index (χ3v) is 13.2. The molecule has 1 fully saturated rings. The molecule has 0 aromatic heterocycles. The van der Waals surface area contributed by atoms with Gasteiger partial charge in [-0.25, -0.2) is 0 Å². The standard InChI is InChI=1S/C35H49N3O2Si/c1-8-37(9-2)34(39)29-18-20-30(21-19-29)38(31-22-24-36(25-23-31)27-28-14-11-10-12-15-28)32-16-13-17-33(26-32)40-41(6,7)35(3,4)5/h10-21,26,31H,8-9,22-25,27H2,1-7H3. The molecule has 1 amide bonds. The van der Waals surface area contributed by atoms with Gasteiger partial charge in [0.05, 0.1) is 0 Å². The number of likely N-dealkylation sites (tertiary alicyclic amines) is 1. The van der Waals surface area contributed by atoms with Crippen molar-refractivity contribution in [2.75, 3.05) is 31.1 Å². The number of rotatable bonds is 10. The van der Waals surface area contributed by atoms with E-state index >= 15 is 0 Å². The summed E-state index contributed by atoms with van der Waals surface area (Å²) in [5.41, 5.74) is 4.37. The average Bonchev–Trinajstić information content (AvgIpc) is 2.95. The molecule has 220 valence electrons. The average molecular weight is 572 g/mol. The minimum Gasteiger partial charge on any atom is -0.543 e. The molecule has 0 radical (unpaired) electrons. The van der Waals surface area contributed by atoms with Gasteiger partial charge < -0.3 is 14.2 Å². The molecule has 5 nitrogen and oxygen atoms in total. The first-order valence-electron chi connectivity index (χ1n) is 15.3. The lowest BCUT2D eigenvalue weighted by molar-refractivity contribution is 0.0773. The van der Waals surface area contributed by atoms with E-state index in [0.29, 0.717) is 19.1 Å². The van der Waals surface area contributed by atoms with Gasteiger partial charge in [-0.3, -0.25) is 9.69 Å². The van der Waals surface area contributed by atoms with Crippen LogP contribution >= 0.6 is 0 Å². The SMILES string of the molecule is CCN(CC)C(=O)c1ccc(N(c2cccc(O[Si](C)(C)C(C)(C)C)c2)C2CCN(Cc3ccccc3)CC2)cc1. The molecule has 0 unspecified atom stereocenters. The first kappa shape index (κ1) is 30.9. The second kappa shape index (κ2) is 13.3. The van der Waals surface area contributed by atoms with Crippen LogP contribution in [0.1, 0.15) is 63.4 Å². The van der Waals surface area contributed by atoms with Gasteiger partial charge >= 0.3 is 0 Å². The lowest BCUT2D eigenvalue weighted by Gasteiger charge is -2.40. The van der Waals surface area contributed by atoms with Crippen LogP contribution in [0, 0.1) is 0 Å². The smallest absolute Gasteiger partial charge is 0.253 e. The first-order valence-corrected chi connectivity index (χ1v) is 18.2. The minimum atomic E-state index is -1.97. The lowest BCUT2D eigenvalue weighted by Crippen LogP contribution is -2.44. The molecule has 3 aromatic rings. The summed E-state index contributed by atoms with van der Waals surface area (Å²) in [7, 11) is -1.97. The fourth-order valence-corrected chi connectivity index (χ4v) is 6.37. The summed E-state index contributed by atoms with van der Waals surface area (Å²) < 4.78 is 6.72.